The molecule has 2 heterocycles. The molecule has 1 aliphatic carbocycles. The zero-order valence-electron chi connectivity index (χ0n) is 12.7. The second-order valence-corrected chi connectivity index (χ2v) is 6.31. The molecule has 1 fully saturated rings. The number of aromatic amines is 1. The number of aromatic nitrogens is 2. The third kappa shape index (κ3) is 2.78. The zero-order valence-corrected chi connectivity index (χ0v) is 13.4. The molecule has 0 aliphatic heterocycles. The molecule has 1 saturated carbocycles. The Morgan fingerprint density at radius 2 is 2.04 bits per heavy atom. The predicted octanol–water partition coefficient (Wildman–Crippen LogP) is 3.59. The highest BCUT2D eigenvalue weighted by atomic mass is 35.5. The Bertz CT molecular complexity index is 1010. The monoisotopic (exact) mass is 339 g/mol. The first kappa shape index (κ1) is 14.9. The molecular formula is C18H14ClN3O2. The lowest BCUT2D eigenvalue weighted by molar-refractivity contribution is -0.117. The van der Waals surface area contributed by atoms with Crippen molar-refractivity contribution in [2.75, 3.05) is 5.32 Å². The summed E-state index contributed by atoms with van der Waals surface area (Å²) in [4.78, 5) is 31.7. The van der Waals surface area contributed by atoms with Crippen LogP contribution in [0.3, 0.4) is 0 Å². The van der Waals surface area contributed by atoms with E-state index in [-0.39, 0.29) is 17.3 Å². The molecule has 1 aromatic carbocycles. The molecular weight excluding hydrogens is 326 g/mol. The summed E-state index contributed by atoms with van der Waals surface area (Å²) >= 11 is 6.20. The Balaban J connectivity index is 1.75. The number of nitrogens with one attached hydrogen (secondary N) is 2. The Labute approximate surface area is 142 Å². The van der Waals surface area contributed by atoms with Crippen LogP contribution in [0.15, 0.2) is 47.4 Å². The quantitative estimate of drug-likeness (QED) is 0.765. The van der Waals surface area contributed by atoms with E-state index in [0.29, 0.717) is 27.4 Å². The fourth-order valence-electron chi connectivity index (χ4n) is 2.62. The number of anilines is 1. The predicted molar refractivity (Wildman–Crippen MR) is 94.2 cm³/mol. The summed E-state index contributed by atoms with van der Waals surface area (Å²) in [6.07, 6.45) is 3.39. The number of hydrogen-bond acceptors (Lipinski definition) is 3. The Hall–Kier alpha value is -2.66. The van der Waals surface area contributed by atoms with Gasteiger partial charge in [0.05, 0.1) is 22.8 Å². The molecule has 0 unspecified atom stereocenters. The first-order valence-corrected chi connectivity index (χ1v) is 8.08. The molecule has 2 aromatic heterocycles. The number of nitrogens with zero attached hydrogens (tertiary/aromatic N) is 1. The van der Waals surface area contributed by atoms with Crippen LogP contribution in [0.1, 0.15) is 12.8 Å². The summed E-state index contributed by atoms with van der Waals surface area (Å²) in [5.41, 5.74) is 1.84. The third-order valence-electron chi connectivity index (χ3n) is 4.08. The Morgan fingerprint density at radius 3 is 2.79 bits per heavy atom. The number of halogens is 1. The van der Waals surface area contributed by atoms with Crippen molar-refractivity contribution < 1.29 is 4.79 Å². The maximum absolute atomic E-state index is 12.5. The van der Waals surface area contributed by atoms with Crippen molar-refractivity contribution in [3.8, 4) is 11.3 Å². The highest BCUT2D eigenvalue weighted by Gasteiger charge is 2.29. The first-order chi connectivity index (χ1) is 11.6. The SMILES string of the molecule is O=C(Nc1cc2c(=O)cc(-c3ccccc3Cl)[nH]c2cn1)C1CC1. The van der Waals surface area contributed by atoms with Crippen LogP contribution in [-0.2, 0) is 4.79 Å². The molecule has 0 saturated heterocycles. The fraction of sp³-hybridized carbons (Fsp3) is 0.167. The number of hydrogen-bond donors (Lipinski definition) is 2. The molecule has 3 aromatic rings. The van der Waals surface area contributed by atoms with E-state index in [1.165, 1.54) is 6.07 Å². The van der Waals surface area contributed by atoms with Crippen LogP contribution in [0, 0.1) is 5.92 Å². The number of fused-ring (bicyclic) bond motifs is 1. The van der Waals surface area contributed by atoms with E-state index in [1.807, 2.05) is 18.2 Å². The number of carbonyl (C=O) groups is 1. The summed E-state index contributed by atoms with van der Waals surface area (Å²) in [6, 6.07) is 10.4. The van der Waals surface area contributed by atoms with Gasteiger partial charge >= 0.3 is 0 Å². The van der Waals surface area contributed by atoms with Gasteiger partial charge in [0, 0.05) is 22.6 Å². The molecule has 0 radical (unpaired) electrons. The minimum absolute atomic E-state index is 0.0361. The van der Waals surface area contributed by atoms with Gasteiger partial charge in [-0.1, -0.05) is 29.8 Å². The number of pyridine rings is 2. The minimum Gasteiger partial charge on any atom is -0.353 e. The molecule has 5 nitrogen and oxygen atoms in total. The molecule has 0 spiro atoms. The lowest BCUT2D eigenvalue weighted by atomic mass is 10.1. The Morgan fingerprint density at radius 1 is 1.25 bits per heavy atom. The summed E-state index contributed by atoms with van der Waals surface area (Å²) < 4.78 is 0. The van der Waals surface area contributed by atoms with Gasteiger partial charge in [0.2, 0.25) is 5.91 Å². The van der Waals surface area contributed by atoms with E-state index < -0.39 is 0 Å². The second-order valence-electron chi connectivity index (χ2n) is 5.91. The van der Waals surface area contributed by atoms with E-state index in [0.717, 1.165) is 18.4 Å². The van der Waals surface area contributed by atoms with Gasteiger partial charge in [-0.3, -0.25) is 9.59 Å². The van der Waals surface area contributed by atoms with E-state index in [1.54, 1.807) is 18.3 Å². The summed E-state index contributed by atoms with van der Waals surface area (Å²) in [5, 5.41) is 3.80. The van der Waals surface area contributed by atoms with Gasteiger partial charge in [-0.05, 0) is 25.0 Å². The third-order valence-corrected chi connectivity index (χ3v) is 4.41. The second kappa shape index (κ2) is 5.76. The largest absolute Gasteiger partial charge is 0.353 e. The average molecular weight is 340 g/mol. The van der Waals surface area contributed by atoms with Crippen molar-refractivity contribution in [1.29, 1.82) is 0 Å². The van der Waals surface area contributed by atoms with Gasteiger partial charge in [0.1, 0.15) is 5.82 Å². The molecule has 6 heteroatoms. The van der Waals surface area contributed by atoms with Crippen molar-refractivity contribution in [2.24, 2.45) is 5.92 Å². The van der Waals surface area contributed by atoms with Crippen LogP contribution < -0.4 is 10.7 Å². The van der Waals surface area contributed by atoms with Gasteiger partial charge in [-0.25, -0.2) is 4.98 Å². The van der Waals surface area contributed by atoms with Gasteiger partial charge in [0.15, 0.2) is 5.43 Å². The molecule has 2 N–H and O–H groups in total. The van der Waals surface area contributed by atoms with Gasteiger partial charge in [0.25, 0.3) is 0 Å². The highest BCUT2D eigenvalue weighted by Crippen LogP contribution is 2.30. The number of H-pyrrole nitrogens is 1. The maximum Gasteiger partial charge on any atom is 0.228 e. The maximum atomic E-state index is 12.5. The fourth-order valence-corrected chi connectivity index (χ4v) is 2.85. The summed E-state index contributed by atoms with van der Waals surface area (Å²) in [5.74, 6) is 0.449. The van der Waals surface area contributed by atoms with Gasteiger partial charge < -0.3 is 10.3 Å². The molecule has 4 rings (SSSR count). The molecule has 24 heavy (non-hydrogen) atoms. The standard InChI is InChI=1S/C18H14ClN3O2/c19-13-4-2-1-3-11(13)14-8-16(23)12-7-17(20-9-15(12)21-14)22-18(24)10-5-6-10/h1-4,7-10H,5-6H2,(H,21,23)(H,20,22,24). The van der Waals surface area contributed by atoms with Crippen molar-refractivity contribution in [3.63, 3.8) is 0 Å². The van der Waals surface area contributed by atoms with Crippen LogP contribution in [0.4, 0.5) is 5.82 Å². The van der Waals surface area contributed by atoms with Gasteiger partial charge in [-0.15, -0.1) is 0 Å². The summed E-state index contributed by atoms with van der Waals surface area (Å²) in [6.45, 7) is 0. The lowest BCUT2D eigenvalue weighted by Gasteiger charge is -2.08. The number of amides is 1. The van der Waals surface area contributed by atoms with Crippen molar-refractivity contribution >= 4 is 34.2 Å². The molecule has 1 amide bonds. The minimum atomic E-state index is -0.150. The molecule has 0 bridgehead atoms. The van der Waals surface area contributed by atoms with E-state index >= 15 is 0 Å². The van der Waals surface area contributed by atoms with Crippen molar-refractivity contribution in [1.82, 2.24) is 9.97 Å². The van der Waals surface area contributed by atoms with E-state index in [2.05, 4.69) is 15.3 Å². The van der Waals surface area contributed by atoms with Crippen LogP contribution in [0.2, 0.25) is 5.02 Å². The molecule has 120 valence electrons. The normalized spacial score (nSPS) is 13.9. The van der Waals surface area contributed by atoms with Gasteiger partial charge in [-0.2, -0.15) is 0 Å². The number of carbonyl (C=O) groups excluding carboxylic acids is 1. The van der Waals surface area contributed by atoms with Crippen molar-refractivity contribution in [3.05, 3.63) is 57.8 Å². The van der Waals surface area contributed by atoms with E-state index in [9.17, 15) is 9.59 Å². The van der Waals surface area contributed by atoms with Crippen LogP contribution in [-0.4, -0.2) is 15.9 Å². The smallest absolute Gasteiger partial charge is 0.228 e. The zero-order chi connectivity index (χ0) is 16.7. The molecule has 0 atom stereocenters. The lowest BCUT2D eigenvalue weighted by Crippen LogP contribution is -2.15. The van der Waals surface area contributed by atoms with Crippen molar-refractivity contribution in [2.45, 2.75) is 12.8 Å². The Kier molecular flexibility index (Phi) is 3.58. The topological polar surface area (TPSA) is 74.8 Å². The summed E-state index contributed by atoms with van der Waals surface area (Å²) in [7, 11) is 0. The van der Waals surface area contributed by atoms with Crippen LogP contribution >= 0.6 is 11.6 Å². The first-order valence-electron chi connectivity index (χ1n) is 7.70. The number of rotatable bonds is 3. The highest BCUT2D eigenvalue weighted by molar-refractivity contribution is 6.33. The van der Waals surface area contributed by atoms with E-state index in [4.69, 9.17) is 11.6 Å². The molecule has 1 aliphatic rings. The average Bonchev–Trinajstić information content (AvgIpc) is 3.41. The number of benzene rings is 1. The van der Waals surface area contributed by atoms with Crippen LogP contribution in [0.25, 0.3) is 22.2 Å². The van der Waals surface area contributed by atoms with Crippen LogP contribution in [0.5, 0.6) is 0 Å².